The number of nitrogens with one attached hydrogen (secondary N) is 1. The van der Waals surface area contributed by atoms with Gasteiger partial charge in [0, 0.05) is 12.3 Å². The summed E-state index contributed by atoms with van der Waals surface area (Å²) in [6.07, 6.45) is -1.09. The van der Waals surface area contributed by atoms with Crippen molar-refractivity contribution in [3.8, 4) is 0 Å². The number of hydrogen-bond donors (Lipinski definition) is 2. The Morgan fingerprint density at radius 2 is 1.65 bits per heavy atom. The number of H-pyrrole nitrogens is 1. The zero-order valence-corrected chi connectivity index (χ0v) is 24.2. The number of nitrogens with zero attached hydrogens (tertiary/aromatic N) is 1. The van der Waals surface area contributed by atoms with Crippen LogP contribution in [-0.2, 0) is 18.3 Å². The lowest BCUT2D eigenvalue weighted by atomic mass is 9.94. The molecule has 34 heavy (non-hydrogen) atoms. The highest BCUT2D eigenvalue weighted by Crippen LogP contribution is 2.56. The Morgan fingerprint density at radius 1 is 1.06 bits per heavy atom. The molecule has 1 aromatic rings. The van der Waals surface area contributed by atoms with E-state index in [4.69, 9.17) is 18.3 Å². The lowest BCUT2D eigenvalue weighted by Gasteiger charge is -2.40. The fraction of sp³-hybridized carbons (Fsp3) is 0.826. The molecule has 0 amide bonds. The second-order valence-corrected chi connectivity index (χ2v) is 22.1. The third-order valence-electron chi connectivity index (χ3n) is 8.22. The first-order valence-electron chi connectivity index (χ1n) is 11.9. The molecule has 0 unspecified atom stereocenters. The van der Waals surface area contributed by atoms with Crippen LogP contribution in [0.2, 0.25) is 36.3 Å². The normalized spacial score (nSPS) is 30.2. The van der Waals surface area contributed by atoms with Gasteiger partial charge in [0.05, 0.1) is 13.2 Å². The number of aliphatic hydroxyl groups is 1. The van der Waals surface area contributed by atoms with Crippen molar-refractivity contribution in [1.29, 1.82) is 0 Å². The second-order valence-electron chi connectivity index (χ2n) is 12.5. The van der Waals surface area contributed by atoms with Crippen LogP contribution in [0.4, 0.5) is 0 Å². The van der Waals surface area contributed by atoms with Crippen molar-refractivity contribution < 1.29 is 23.4 Å². The minimum atomic E-state index is -2.34. The summed E-state index contributed by atoms with van der Waals surface area (Å²) >= 11 is 0. The average Bonchev–Trinajstić information content (AvgIpc) is 3.33. The molecule has 0 aliphatic carbocycles. The van der Waals surface area contributed by atoms with Crippen LogP contribution in [0.25, 0.3) is 0 Å². The van der Waals surface area contributed by atoms with Crippen LogP contribution in [-0.4, -0.2) is 68.4 Å². The minimum absolute atomic E-state index is 0.00581. The summed E-state index contributed by atoms with van der Waals surface area (Å²) in [6, 6.07) is 1.29. The minimum Gasteiger partial charge on any atom is -0.414 e. The van der Waals surface area contributed by atoms with E-state index in [0.717, 1.165) is 0 Å². The summed E-state index contributed by atoms with van der Waals surface area (Å²) in [4.78, 5) is 26.7. The molecule has 0 aromatic carbocycles. The molecule has 1 aromatic heterocycles. The van der Waals surface area contributed by atoms with Gasteiger partial charge in [-0.15, -0.1) is 0 Å². The molecular weight excluding hydrogens is 472 g/mol. The van der Waals surface area contributed by atoms with Crippen LogP contribution in [0.15, 0.2) is 21.9 Å². The molecule has 2 saturated heterocycles. The fourth-order valence-electron chi connectivity index (χ4n) is 3.83. The predicted molar refractivity (Wildman–Crippen MR) is 135 cm³/mol. The zero-order chi connectivity index (χ0) is 25.9. The molecule has 0 radical (unpaired) electrons. The molecule has 5 atom stereocenters. The molecule has 3 heterocycles. The molecule has 1 spiro atoms. The Bertz CT molecular complexity index is 1010. The van der Waals surface area contributed by atoms with Gasteiger partial charge >= 0.3 is 5.69 Å². The molecule has 2 aliphatic rings. The number of ether oxygens (including phenoxy) is 2. The molecule has 0 saturated carbocycles. The number of aliphatic hydroxyl groups excluding tert-OH is 1. The maximum atomic E-state index is 12.7. The van der Waals surface area contributed by atoms with Crippen LogP contribution in [0.1, 0.15) is 47.8 Å². The first-order chi connectivity index (χ1) is 15.4. The van der Waals surface area contributed by atoms with Crippen LogP contribution in [0.3, 0.4) is 0 Å². The van der Waals surface area contributed by atoms with Gasteiger partial charge in [-0.3, -0.25) is 14.3 Å². The van der Waals surface area contributed by atoms with Crippen LogP contribution < -0.4 is 11.2 Å². The van der Waals surface area contributed by atoms with Crippen LogP contribution in [0, 0.1) is 0 Å². The van der Waals surface area contributed by atoms with Crippen LogP contribution >= 0.6 is 0 Å². The smallest absolute Gasteiger partial charge is 0.330 e. The van der Waals surface area contributed by atoms with E-state index in [1.807, 2.05) is 0 Å². The van der Waals surface area contributed by atoms with Gasteiger partial charge in [0.25, 0.3) is 5.56 Å². The Morgan fingerprint density at radius 3 is 2.12 bits per heavy atom. The van der Waals surface area contributed by atoms with Gasteiger partial charge in [0.15, 0.2) is 28.5 Å². The molecule has 2 N–H and O–H groups in total. The summed E-state index contributed by atoms with van der Waals surface area (Å²) in [5.74, 6) is 0. The van der Waals surface area contributed by atoms with E-state index in [1.54, 1.807) is 0 Å². The first kappa shape index (κ1) is 27.5. The summed E-state index contributed by atoms with van der Waals surface area (Å²) in [5.41, 5.74) is -2.00. The van der Waals surface area contributed by atoms with Gasteiger partial charge in [0.1, 0.15) is 18.3 Å². The molecule has 2 fully saturated rings. The molecule has 11 heteroatoms. The average molecular weight is 515 g/mol. The van der Waals surface area contributed by atoms with E-state index in [9.17, 15) is 14.7 Å². The summed E-state index contributed by atoms with van der Waals surface area (Å²) in [6.45, 7) is 21.6. The van der Waals surface area contributed by atoms with Gasteiger partial charge in [-0.2, -0.15) is 0 Å². The third-order valence-corrected chi connectivity index (χ3v) is 17.2. The van der Waals surface area contributed by atoms with E-state index in [-0.39, 0.29) is 23.3 Å². The Labute approximate surface area is 204 Å². The Hall–Kier alpha value is -1.09. The van der Waals surface area contributed by atoms with E-state index in [2.05, 4.69) is 72.7 Å². The highest BCUT2D eigenvalue weighted by Gasteiger charge is 2.74. The van der Waals surface area contributed by atoms with Crippen molar-refractivity contribution in [2.75, 3.05) is 13.2 Å². The highest BCUT2D eigenvalue weighted by molar-refractivity contribution is 6.74. The summed E-state index contributed by atoms with van der Waals surface area (Å²) in [7, 11) is -4.45. The maximum Gasteiger partial charge on any atom is 0.330 e. The van der Waals surface area contributed by atoms with Crippen LogP contribution in [0.5, 0.6) is 0 Å². The number of hydrogen-bond acceptors (Lipinski definition) is 7. The Kier molecular flexibility index (Phi) is 7.11. The predicted octanol–water partition coefficient (Wildman–Crippen LogP) is 2.98. The zero-order valence-electron chi connectivity index (χ0n) is 22.2. The molecule has 9 nitrogen and oxygen atoms in total. The maximum absolute atomic E-state index is 12.7. The number of rotatable bonds is 7. The largest absolute Gasteiger partial charge is 0.414 e. The van der Waals surface area contributed by atoms with Gasteiger partial charge in [-0.05, 0) is 36.3 Å². The van der Waals surface area contributed by atoms with E-state index >= 15 is 0 Å². The quantitative estimate of drug-likeness (QED) is 0.424. The van der Waals surface area contributed by atoms with Gasteiger partial charge in [-0.1, -0.05) is 41.5 Å². The monoisotopic (exact) mass is 514 g/mol. The number of aromatic amines is 1. The lowest BCUT2D eigenvalue weighted by Crippen LogP contribution is -2.52. The third kappa shape index (κ3) is 4.80. The van der Waals surface area contributed by atoms with Gasteiger partial charge in [-0.25, -0.2) is 4.79 Å². The first-order valence-corrected chi connectivity index (χ1v) is 17.8. The molecule has 3 rings (SSSR count). The number of epoxide rings is 1. The summed E-state index contributed by atoms with van der Waals surface area (Å²) < 4.78 is 27.3. The van der Waals surface area contributed by atoms with Crippen molar-refractivity contribution in [3.63, 3.8) is 0 Å². The van der Waals surface area contributed by atoms with Crippen molar-refractivity contribution in [3.05, 3.63) is 33.1 Å². The van der Waals surface area contributed by atoms with Crippen molar-refractivity contribution in [2.24, 2.45) is 0 Å². The highest BCUT2D eigenvalue weighted by atomic mass is 28.4. The summed E-state index contributed by atoms with van der Waals surface area (Å²) in [5, 5.41) is 9.96. The van der Waals surface area contributed by atoms with E-state index < -0.39 is 58.0 Å². The molecule has 0 bridgehead atoms. The topological polar surface area (TPSA) is 115 Å². The Balaban J connectivity index is 2.04. The van der Waals surface area contributed by atoms with Crippen molar-refractivity contribution in [1.82, 2.24) is 9.55 Å². The van der Waals surface area contributed by atoms with Gasteiger partial charge in [0.2, 0.25) is 0 Å². The number of aromatic nitrogens is 2. The molecular formula is C23H42N2O7Si2. The van der Waals surface area contributed by atoms with E-state index in [1.165, 1.54) is 16.8 Å². The molecule has 194 valence electrons. The molecule has 2 aliphatic heterocycles. The second kappa shape index (κ2) is 8.79. The fourth-order valence-corrected chi connectivity index (χ4v) is 6.12. The SMILES string of the molecule is CC(C)(C)[Si](C)(C)OC[C@H]1O[C@@H](n2ccc(=O)[nH]c2=O)[C@H](O[Si](C)(C)C(C)(C)C)[C@]12O[C@@H]2CO. The standard InChI is InChI=1S/C23H42N2O7Si2/c1-21(2,3)33(7,8)29-14-16-23(15(13-26)31-23)18(32-34(9,10)22(4,5)6)19(30-16)25-12-11-17(27)24-20(25)28/h11-12,15-16,18-19,26H,13-14H2,1-10H3,(H,24,27,28)/t15-,16-,18+,19-,23-/m1/s1. The van der Waals surface area contributed by atoms with Gasteiger partial charge < -0.3 is 23.4 Å². The van der Waals surface area contributed by atoms with Crippen molar-refractivity contribution >= 4 is 16.6 Å². The van der Waals surface area contributed by atoms with E-state index in [0.29, 0.717) is 0 Å². The van der Waals surface area contributed by atoms with Crippen molar-refractivity contribution in [2.45, 2.75) is 108 Å². The lowest BCUT2D eigenvalue weighted by molar-refractivity contribution is -0.0498.